The summed E-state index contributed by atoms with van der Waals surface area (Å²) in [4.78, 5) is 13.5. The van der Waals surface area contributed by atoms with Crippen molar-refractivity contribution in [3.63, 3.8) is 0 Å². The molecule has 1 amide bonds. The molecule has 2 aliphatic rings. The van der Waals surface area contributed by atoms with Crippen molar-refractivity contribution in [3.05, 3.63) is 23.8 Å². The Bertz CT molecular complexity index is 635. The van der Waals surface area contributed by atoms with Crippen LogP contribution < -0.4 is 9.64 Å². The zero-order valence-electron chi connectivity index (χ0n) is 13.8. The Morgan fingerprint density at radius 2 is 2.08 bits per heavy atom. The number of hydrogen-bond acceptors (Lipinski definition) is 4. The number of aryl methyl sites for hydroxylation is 1. The SMILES string of the molecule is COC[C@H]1CN(c2ccc3c(c2)CCC(CCC(F)(F)F)O3)C(=O)O1. The molecule has 0 bridgehead atoms. The fourth-order valence-electron chi connectivity index (χ4n) is 3.13. The van der Waals surface area contributed by atoms with Gasteiger partial charge in [0.25, 0.3) is 0 Å². The van der Waals surface area contributed by atoms with Crippen LogP contribution in [0.5, 0.6) is 5.75 Å². The highest BCUT2D eigenvalue weighted by Crippen LogP contribution is 2.35. The molecule has 1 aromatic rings. The van der Waals surface area contributed by atoms with E-state index in [1.165, 1.54) is 4.90 Å². The number of cyclic esters (lactones) is 1. The van der Waals surface area contributed by atoms with Gasteiger partial charge in [0.1, 0.15) is 11.9 Å². The highest BCUT2D eigenvalue weighted by molar-refractivity contribution is 5.90. The number of anilines is 1. The first kappa shape index (κ1) is 17.8. The van der Waals surface area contributed by atoms with Crippen LogP contribution in [0, 0.1) is 0 Å². The number of halogens is 3. The highest BCUT2D eigenvalue weighted by atomic mass is 19.4. The molecule has 0 saturated carbocycles. The summed E-state index contributed by atoms with van der Waals surface area (Å²) < 4.78 is 52.9. The summed E-state index contributed by atoms with van der Waals surface area (Å²) >= 11 is 0. The molecule has 25 heavy (non-hydrogen) atoms. The monoisotopic (exact) mass is 359 g/mol. The number of amides is 1. The maximum atomic E-state index is 12.3. The number of carbonyl (C=O) groups is 1. The minimum absolute atomic E-state index is 0.0398. The molecule has 2 aliphatic heterocycles. The van der Waals surface area contributed by atoms with Crippen LogP contribution >= 0.6 is 0 Å². The van der Waals surface area contributed by atoms with Crippen LogP contribution in [0.15, 0.2) is 18.2 Å². The van der Waals surface area contributed by atoms with Gasteiger partial charge in [-0.05, 0) is 43.0 Å². The van der Waals surface area contributed by atoms with Gasteiger partial charge in [-0.1, -0.05) is 0 Å². The predicted molar refractivity (Wildman–Crippen MR) is 84.0 cm³/mol. The summed E-state index contributed by atoms with van der Waals surface area (Å²) in [6.07, 6.45) is -5.06. The molecule has 0 N–H and O–H groups in total. The van der Waals surface area contributed by atoms with Gasteiger partial charge in [0.2, 0.25) is 0 Å². The van der Waals surface area contributed by atoms with E-state index in [-0.39, 0.29) is 12.5 Å². The van der Waals surface area contributed by atoms with Crippen molar-refractivity contribution < 1.29 is 32.2 Å². The Kier molecular flexibility index (Phi) is 5.08. The molecular formula is C17H20F3NO4. The zero-order chi connectivity index (χ0) is 18.0. The van der Waals surface area contributed by atoms with Crippen LogP contribution in [0.3, 0.4) is 0 Å². The first-order chi connectivity index (χ1) is 11.9. The van der Waals surface area contributed by atoms with Crippen LogP contribution in [-0.4, -0.2) is 44.7 Å². The lowest BCUT2D eigenvalue weighted by atomic mass is 9.98. The van der Waals surface area contributed by atoms with Crippen molar-refractivity contribution in [2.75, 3.05) is 25.2 Å². The van der Waals surface area contributed by atoms with E-state index in [1.807, 2.05) is 6.07 Å². The smallest absolute Gasteiger partial charge is 0.414 e. The van der Waals surface area contributed by atoms with Crippen LogP contribution in [0.1, 0.15) is 24.8 Å². The number of ether oxygens (including phenoxy) is 3. The lowest BCUT2D eigenvalue weighted by Crippen LogP contribution is -2.27. The Hall–Kier alpha value is -1.96. The molecule has 3 rings (SSSR count). The molecule has 0 aromatic heterocycles. The van der Waals surface area contributed by atoms with Crippen LogP contribution in [0.2, 0.25) is 0 Å². The molecule has 0 spiro atoms. The van der Waals surface area contributed by atoms with E-state index >= 15 is 0 Å². The topological polar surface area (TPSA) is 48.0 Å². The average molecular weight is 359 g/mol. The van der Waals surface area contributed by atoms with E-state index in [0.29, 0.717) is 37.4 Å². The Morgan fingerprint density at radius 1 is 1.28 bits per heavy atom. The normalized spacial score (nSPS) is 23.2. The fourth-order valence-corrected chi connectivity index (χ4v) is 3.13. The summed E-state index contributed by atoms with van der Waals surface area (Å²) in [5, 5.41) is 0. The number of alkyl halides is 3. The Labute approximate surface area is 143 Å². The van der Waals surface area contributed by atoms with Gasteiger partial charge >= 0.3 is 12.3 Å². The van der Waals surface area contributed by atoms with Crippen molar-refractivity contribution in [1.82, 2.24) is 0 Å². The molecule has 2 heterocycles. The second-order valence-electron chi connectivity index (χ2n) is 6.30. The number of benzene rings is 1. The Morgan fingerprint density at radius 3 is 2.80 bits per heavy atom. The quantitative estimate of drug-likeness (QED) is 0.804. The van der Waals surface area contributed by atoms with E-state index in [4.69, 9.17) is 14.2 Å². The second-order valence-corrected chi connectivity index (χ2v) is 6.30. The minimum atomic E-state index is -4.16. The maximum Gasteiger partial charge on any atom is 0.414 e. The van der Waals surface area contributed by atoms with Crippen LogP contribution in [0.4, 0.5) is 23.7 Å². The van der Waals surface area contributed by atoms with E-state index < -0.39 is 24.8 Å². The summed E-state index contributed by atoms with van der Waals surface area (Å²) in [6.45, 7) is 0.734. The van der Waals surface area contributed by atoms with Crippen molar-refractivity contribution >= 4 is 11.8 Å². The van der Waals surface area contributed by atoms with Crippen molar-refractivity contribution in [1.29, 1.82) is 0 Å². The second kappa shape index (κ2) is 7.11. The van der Waals surface area contributed by atoms with Gasteiger partial charge in [-0.25, -0.2) is 4.79 Å². The third-order valence-corrected chi connectivity index (χ3v) is 4.36. The number of fused-ring (bicyclic) bond motifs is 1. The first-order valence-corrected chi connectivity index (χ1v) is 8.19. The molecular weight excluding hydrogens is 339 g/mol. The summed E-state index contributed by atoms with van der Waals surface area (Å²) in [7, 11) is 1.54. The van der Waals surface area contributed by atoms with Crippen molar-refractivity contribution in [2.24, 2.45) is 0 Å². The zero-order valence-corrected chi connectivity index (χ0v) is 13.8. The van der Waals surface area contributed by atoms with Gasteiger partial charge in [0.15, 0.2) is 0 Å². The first-order valence-electron chi connectivity index (χ1n) is 8.19. The summed E-state index contributed by atoms with van der Waals surface area (Å²) in [6, 6.07) is 5.27. The largest absolute Gasteiger partial charge is 0.490 e. The standard InChI is InChI=1S/C17H20F3NO4/c1-23-10-14-9-21(16(22)25-14)12-3-5-15-11(8-12)2-4-13(24-15)6-7-17(18,19)20/h3,5,8,13-14H,2,4,6-7,9-10H2,1H3/t13?,14-/m1/s1. The van der Waals surface area contributed by atoms with Gasteiger partial charge in [-0.3, -0.25) is 4.90 Å². The van der Waals surface area contributed by atoms with Gasteiger partial charge in [-0.2, -0.15) is 13.2 Å². The maximum absolute atomic E-state index is 12.3. The van der Waals surface area contributed by atoms with Gasteiger partial charge in [0.05, 0.1) is 19.3 Å². The lowest BCUT2D eigenvalue weighted by Gasteiger charge is -2.27. The van der Waals surface area contributed by atoms with Crippen molar-refractivity contribution in [2.45, 2.75) is 44.1 Å². The highest BCUT2D eigenvalue weighted by Gasteiger charge is 2.33. The van der Waals surface area contributed by atoms with Gasteiger partial charge < -0.3 is 14.2 Å². The van der Waals surface area contributed by atoms with Crippen LogP contribution in [0.25, 0.3) is 0 Å². The number of nitrogens with zero attached hydrogens (tertiary/aromatic N) is 1. The molecule has 1 saturated heterocycles. The molecule has 138 valence electrons. The molecule has 2 atom stereocenters. The van der Waals surface area contributed by atoms with Gasteiger partial charge in [-0.15, -0.1) is 0 Å². The number of rotatable bonds is 5. The van der Waals surface area contributed by atoms with Crippen molar-refractivity contribution in [3.8, 4) is 5.75 Å². The molecule has 5 nitrogen and oxygen atoms in total. The summed E-state index contributed by atoms with van der Waals surface area (Å²) in [5.74, 6) is 0.586. The number of carbonyl (C=O) groups excluding carboxylic acids is 1. The molecule has 1 aromatic carbocycles. The molecule has 1 fully saturated rings. The van der Waals surface area contributed by atoms with E-state index in [0.717, 1.165) is 5.56 Å². The van der Waals surface area contributed by atoms with E-state index in [2.05, 4.69) is 0 Å². The van der Waals surface area contributed by atoms with Crippen LogP contribution in [-0.2, 0) is 15.9 Å². The predicted octanol–water partition coefficient (Wildman–Crippen LogP) is 3.69. The van der Waals surface area contributed by atoms with E-state index in [9.17, 15) is 18.0 Å². The minimum Gasteiger partial charge on any atom is -0.490 e. The Balaban J connectivity index is 1.65. The molecule has 1 unspecified atom stereocenters. The van der Waals surface area contributed by atoms with Gasteiger partial charge in [0, 0.05) is 19.2 Å². The molecule has 0 radical (unpaired) electrons. The third-order valence-electron chi connectivity index (χ3n) is 4.36. The average Bonchev–Trinajstić information content (AvgIpc) is 2.92. The molecule has 0 aliphatic carbocycles. The van der Waals surface area contributed by atoms with E-state index in [1.54, 1.807) is 19.2 Å². The third kappa shape index (κ3) is 4.36. The number of methoxy groups -OCH3 is 1. The lowest BCUT2D eigenvalue weighted by molar-refractivity contribution is -0.139. The number of hydrogen-bond donors (Lipinski definition) is 0. The summed E-state index contributed by atoms with van der Waals surface area (Å²) in [5.41, 5.74) is 1.59. The molecule has 8 heteroatoms. The fraction of sp³-hybridized carbons (Fsp3) is 0.588.